The van der Waals surface area contributed by atoms with Gasteiger partial charge in [0, 0.05) is 14.7 Å². The van der Waals surface area contributed by atoms with Gasteiger partial charge in [-0.1, -0.05) is 25.7 Å². The summed E-state index contributed by atoms with van der Waals surface area (Å²) in [5.41, 5.74) is 0.708. The summed E-state index contributed by atoms with van der Waals surface area (Å²) in [6, 6.07) is 2.59. The lowest BCUT2D eigenvalue weighted by molar-refractivity contribution is 0.0453. The summed E-state index contributed by atoms with van der Waals surface area (Å²) in [7, 11) is -1.16. The van der Waals surface area contributed by atoms with E-state index in [1.165, 1.54) is 4.68 Å². The number of esters is 1. The highest BCUT2D eigenvalue weighted by Gasteiger charge is 2.20. The quantitative estimate of drug-likeness (QED) is 0.307. The molecule has 0 spiro atoms. The summed E-state index contributed by atoms with van der Waals surface area (Å²) in [4.78, 5) is 12.0. The predicted octanol–water partition coefficient (Wildman–Crippen LogP) is 2.98. The minimum Gasteiger partial charge on any atom is -0.461 e. The molecular formula is C16H28N2O4Si. The molecule has 0 aliphatic heterocycles. The summed E-state index contributed by atoms with van der Waals surface area (Å²) >= 11 is 0. The van der Waals surface area contributed by atoms with Crippen molar-refractivity contribution in [3.63, 3.8) is 0 Å². The zero-order chi connectivity index (χ0) is 17.5. The number of ether oxygens (including phenoxy) is 2. The van der Waals surface area contributed by atoms with Gasteiger partial charge in [0.15, 0.2) is 0 Å². The zero-order valence-corrected chi connectivity index (χ0v) is 15.5. The number of aromatic nitrogens is 2. The lowest BCUT2D eigenvalue weighted by Crippen LogP contribution is -2.22. The van der Waals surface area contributed by atoms with Crippen molar-refractivity contribution in [1.82, 2.24) is 9.78 Å². The first-order chi connectivity index (χ1) is 10.8. The molecule has 7 heteroatoms. The highest BCUT2D eigenvalue weighted by Crippen LogP contribution is 2.18. The summed E-state index contributed by atoms with van der Waals surface area (Å²) in [5, 5.41) is 14.3. The van der Waals surface area contributed by atoms with Crippen LogP contribution in [0.25, 0.3) is 0 Å². The molecule has 1 N–H and O–H groups in total. The van der Waals surface area contributed by atoms with E-state index >= 15 is 0 Å². The molecule has 1 heterocycles. The van der Waals surface area contributed by atoms with Gasteiger partial charge in [0.05, 0.1) is 12.3 Å². The van der Waals surface area contributed by atoms with Crippen molar-refractivity contribution in [1.29, 1.82) is 0 Å². The molecule has 23 heavy (non-hydrogen) atoms. The predicted molar refractivity (Wildman–Crippen MR) is 92.1 cm³/mol. The standard InChI is InChI=1S/C16H28N2O4Si/c1-6-8-15(19)13-11-14(16(20)22-7-2)18(17-13)12-21-9-10-23(3,4)5/h6,11,15,19H,1,7-10,12H2,2-5H3. The van der Waals surface area contributed by atoms with E-state index in [1.54, 1.807) is 19.1 Å². The van der Waals surface area contributed by atoms with Crippen LogP contribution in [0.2, 0.25) is 25.7 Å². The largest absolute Gasteiger partial charge is 0.461 e. The summed E-state index contributed by atoms with van der Waals surface area (Å²) in [5.74, 6) is -0.467. The van der Waals surface area contributed by atoms with E-state index in [2.05, 4.69) is 31.3 Å². The summed E-state index contributed by atoms with van der Waals surface area (Å²) in [6.07, 6.45) is 1.19. The maximum absolute atomic E-state index is 12.0. The van der Waals surface area contributed by atoms with Gasteiger partial charge in [-0.2, -0.15) is 5.10 Å². The third-order valence-corrected chi connectivity index (χ3v) is 4.93. The van der Waals surface area contributed by atoms with E-state index in [0.29, 0.717) is 18.7 Å². The normalized spacial score (nSPS) is 12.9. The first kappa shape index (κ1) is 19.6. The van der Waals surface area contributed by atoms with Gasteiger partial charge in [0.2, 0.25) is 0 Å². The van der Waals surface area contributed by atoms with Crippen molar-refractivity contribution in [2.24, 2.45) is 0 Å². The Balaban J connectivity index is 2.81. The lowest BCUT2D eigenvalue weighted by Gasteiger charge is -2.15. The van der Waals surface area contributed by atoms with E-state index < -0.39 is 20.1 Å². The minimum atomic E-state index is -1.16. The smallest absolute Gasteiger partial charge is 0.356 e. The van der Waals surface area contributed by atoms with Gasteiger partial charge in [-0.25, -0.2) is 9.48 Å². The molecule has 0 radical (unpaired) electrons. The van der Waals surface area contributed by atoms with Crippen molar-refractivity contribution in [2.45, 2.75) is 51.9 Å². The summed E-state index contributed by atoms with van der Waals surface area (Å²) in [6.45, 7) is 13.2. The lowest BCUT2D eigenvalue weighted by atomic mass is 10.2. The van der Waals surface area contributed by atoms with E-state index in [9.17, 15) is 9.90 Å². The SMILES string of the molecule is C=CCC(O)c1cc(C(=O)OCC)n(COCC[Si](C)(C)C)n1. The molecule has 1 unspecified atom stereocenters. The Morgan fingerprint density at radius 3 is 2.78 bits per heavy atom. The van der Waals surface area contributed by atoms with Crippen LogP contribution < -0.4 is 0 Å². The second kappa shape index (κ2) is 9.00. The first-order valence-electron chi connectivity index (χ1n) is 7.90. The third-order valence-electron chi connectivity index (χ3n) is 3.22. The van der Waals surface area contributed by atoms with E-state index in [-0.39, 0.29) is 19.0 Å². The fourth-order valence-corrected chi connectivity index (χ4v) is 2.63. The van der Waals surface area contributed by atoms with Crippen molar-refractivity contribution in [3.8, 4) is 0 Å². The fourth-order valence-electron chi connectivity index (χ4n) is 1.88. The number of hydrogen-bond acceptors (Lipinski definition) is 5. The van der Waals surface area contributed by atoms with E-state index in [0.717, 1.165) is 6.04 Å². The van der Waals surface area contributed by atoms with Crippen LogP contribution in [-0.2, 0) is 16.2 Å². The molecule has 1 atom stereocenters. The Bertz CT molecular complexity index is 523. The molecule has 130 valence electrons. The van der Waals surface area contributed by atoms with E-state index in [1.807, 2.05) is 0 Å². The van der Waals surface area contributed by atoms with Crippen LogP contribution >= 0.6 is 0 Å². The molecule has 0 fully saturated rings. The monoisotopic (exact) mass is 340 g/mol. The summed E-state index contributed by atoms with van der Waals surface area (Å²) < 4.78 is 12.1. The van der Waals surface area contributed by atoms with Crippen LogP contribution in [0.1, 0.15) is 35.6 Å². The average Bonchev–Trinajstić information content (AvgIpc) is 2.87. The topological polar surface area (TPSA) is 73.6 Å². The number of aliphatic hydroxyl groups is 1. The van der Waals surface area contributed by atoms with Crippen molar-refractivity contribution < 1.29 is 19.4 Å². The number of aliphatic hydroxyl groups excluding tert-OH is 1. The Hall–Kier alpha value is -1.44. The molecule has 6 nitrogen and oxygen atoms in total. The van der Waals surface area contributed by atoms with E-state index in [4.69, 9.17) is 9.47 Å². The van der Waals surface area contributed by atoms with Gasteiger partial charge >= 0.3 is 5.97 Å². The van der Waals surface area contributed by atoms with Crippen LogP contribution in [-0.4, -0.2) is 42.1 Å². The molecule has 1 rings (SSSR count). The average molecular weight is 340 g/mol. The van der Waals surface area contributed by atoms with Gasteiger partial charge in [-0.05, 0) is 25.5 Å². The Kier molecular flexibility index (Phi) is 7.67. The minimum absolute atomic E-state index is 0.166. The van der Waals surface area contributed by atoms with Gasteiger partial charge in [0.1, 0.15) is 18.5 Å². The number of nitrogens with zero attached hydrogens (tertiary/aromatic N) is 2. The van der Waals surface area contributed by atoms with Crippen LogP contribution in [0.15, 0.2) is 18.7 Å². The van der Waals surface area contributed by atoms with Crippen molar-refractivity contribution in [3.05, 3.63) is 30.1 Å². The second-order valence-corrected chi connectivity index (χ2v) is 12.2. The molecule has 0 aliphatic carbocycles. The van der Waals surface area contributed by atoms with Gasteiger partial charge in [0.25, 0.3) is 0 Å². The molecule has 1 aromatic heterocycles. The van der Waals surface area contributed by atoms with Crippen LogP contribution in [0, 0.1) is 0 Å². The molecule has 0 saturated carbocycles. The van der Waals surface area contributed by atoms with Crippen molar-refractivity contribution >= 4 is 14.0 Å². The molecular weight excluding hydrogens is 312 g/mol. The zero-order valence-electron chi connectivity index (χ0n) is 14.5. The number of carbonyl (C=O) groups is 1. The Morgan fingerprint density at radius 2 is 2.22 bits per heavy atom. The first-order valence-corrected chi connectivity index (χ1v) is 11.6. The second-order valence-electron chi connectivity index (χ2n) is 6.56. The van der Waals surface area contributed by atoms with Crippen molar-refractivity contribution in [2.75, 3.05) is 13.2 Å². The molecule has 0 bridgehead atoms. The molecule has 0 aliphatic rings. The highest BCUT2D eigenvalue weighted by molar-refractivity contribution is 6.76. The van der Waals surface area contributed by atoms with Crippen LogP contribution in [0.5, 0.6) is 0 Å². The van der Waals surface area contributed by atoms with Crippen LogP contribution in [0.3, 0.4) is 0 Å². The van der Waals surface area contributed by atoms with Gasteiger partial charge in [-0.3, -0.25) is 0 Å². The third kappa shape index (κ3) is 6.68. The molecule has 0 saturated heterocycles. The van der Waals surface area contributed by atoms with Crippen LogP contribution in [0.4, 0.5) is 0 Å². The number of rotatable bonds is 10. The fraction of sp³-hybridized carbons (Fsp3) is 0.625. The van der Waals surface area contributed by atoms with Gasteiger partial charge < -0.3 is 14.6 Å². The van der Waals surface area contributed by atoms with Gasteiger partial charge in [-0.15, -0.1) is 6.58 Å². The molecule has 1 aromatic rings. The number of carbonyl (C=O) groups excluding carboxylic acids is 1. The maximum Gasteiger partial charge on any atom is 0.356 e. The molecule has 0 aromatic carbocycles. The Morgan fingerprint density at radius 1 is 1.52 bits per heavy atom. The highest BCUT2D eigenvalue weighted by atomic mass is 28.3. The molecule has 0 amide bonds. The number of hydrogen-bond donors (Lipinski definition) is 1. The maximum atomic E-state index is 12.0. The Labute approximate surface area is 139 Å².